The van der Waals surface area contributed by atoms with Crippen LogP contribution in [0, 0.1) is 11.8 Å². The minimum atomic E-state index is -0.161. The second-order valence-corrected chi connectivity index (χ2v) is 17.0. The summed E-state index contributed by atoms with van der Waals surface area (Å²) in [5.41, 5.74) is 0. The van der Waals surface area contributed by atoms with E-state index in [1.165, 1.54) is 51.4 Å². The SMILES string of the molecule is CCCCCCCC(=O)OCC(CCCCN(CCCl)CCCCC(COC(=O)CCCCCCC)COC(=O)CCCCCCC)COC(=O)CCCCCCC. The molecule has 0 N–H and O–H groups in total. The fourth-order valence-electron chi connectivity index (χ4n) is 7.04. The van der Waals surface area contributed by atoms with Crippen molar-refractivity contribution in [3.05, 3.63) is 0 Å². The number of carbonyl (C=O) groups is 4. The quantitative estimate of drug-likeness (QED) is 0.0256. The predicted molar refractivity (Wildman–Crippen MR) is 239 cm³/mol. The van der Waals surface area contributed by atoms with Crippen LogP contribution in [0.2, 0.25) is 0 Å². The van der Waals surface area contributed by atoms with Crippen LogP contribution in [0.15, 0.2) is 0 Å². The summed E-state index contributed by atoms with van der Waals surface area (Å²) in [4.78, 5) is 52.3. The molecule has 0 aliphatic heterocycles. The Bertz CT molecular complexity index is 834. The van der Waals surface area contributed by atoms with Gasteiger partial charge in [0.1, 0.15) is 0 Å². The highest BCUT2D eigenvalue weighted by atomic mass is 35.5. The average Bonchev–Trinajstić information content (AvgIpc) is 3.21. The Balaban J connectivity index is 4.95. The Kier molecular flexibility index (Phi) is 41.8. The summed E-state index contributed by atoms with van der Waals surface area (Å²) in [5.74, 6) is -0.125. The highest BCUT2D eigenvalue weighted by Crippen LogP contribution is 2.17. The van der Waals surface area contributed by atoms with Gasteiger partial charge in [-0.3, -0.25) is 19.2 Å². The molecule has 0 amide bonds. The molecule has 0 atom stereocenters. The van der Waals surface area contributed by atoms with Crippen LogP contribution in [0.1, 0.15) is 220 Å². The Morgan fingerprint density at radius 1 is 0.379 bits per heavy atom. The molecule has 0 fully saturated rings. The third-order valence-electron chi connectivity index (χ3n) is 10.9. The molecule has 0 aliphatic rings. The van der Waals surface area contributed by atoms with Crippen molar-refractivity contribution in [3.63, 3.8) is 0 Å². The molecule has 0 heterocycles. The molecule has 0 aliphatic carbocycles. The highest BCUT2D eigenvalue weighted by molar-refractivity contribution is 6.18. The van der Waals surface area contributed by atoms with Crippen molar-refractivity contribution >= 4 is 35.5 Å². The Morgan fingerprint density at radius 2 is 0.655 bits per heavy atom. The summed E-state index contributed by atoms with van der Waals surface area (Å²) in [6, 6.07) is 0. The second-order valence-electron chi connectivity index (χ2n) is 16.6. The molecule has 0 unspecified atom stereocenters. The molecule has 0 aromatic heterocycles. The van der Waals surface area contributed by atoms with Gasteiger partial charge in [-0.1, -0.05) is 143 Å². The predicted octanol–water partition coefficient (Wildman–Crippen LogP) is 12.7. The van der Waals surface area contributed by atoms with Gasteiger partial charge in [-0.25, -0.2) is 0 Å². The number of unbranched alkanes of at least 4 members (excludes halogenated alkanes) is 18. The maximum atomic E-state index is 12.5. The molecule has 0 aromatic carbocycles. The molecule has 342 valence electrons. The number of carbonyl (C=O) groups excluding carboxylic acids is 4. The van der Waals surface area contributed by atoms with E-state index in [1.54, 1.807) is 0 Å². The standard InChI is InChI=1S/C48H90ClNO8/c1-5-9-13-17-21-31-45(51)55-39-43(40-56-46(52)32-22-18-14-10-6-2)29-25-27-36-50(38-35-49)37-28-26-30-44(41-57-47(53)33-23-19-15-11-7-3)42-58-48(54)34-24-20-16-12-8-4/h43-44H,5-42H2,1-4H3. The minimum absolute atomic E-state index is 0.0168. The lowest BCUT2D eigenvalue weighted by Crippen LogP contribution is -2.29. The van der Waals surface area contributed by atoms with Crippen LogP contribution in [0.3, 0.4) is 0 Å². The summed E-state index contributed by atoms with van der Waals surface area (Å²) < 4.78 is 22.7. The van der Waals surface area contributed by atoms with Crippen LogP contribution >= 0.6 is 11.6 Å². The van der Waals surface area contributed by atoms with Crippen molar-refractivity contribution in [2.75, 3.05) is 51.9 Å². The second kappa shape index (κ2) is 43.2. The van der Waals surface area contributed by atoms with Crippen molar-refractivity contribution in [1.82, 2.24) is 4.90 Å². The molecule has 0 aromatic rings. The van der Waals surface area contributed by atoms with Crippen molar-refractivity contribution in [1.29, 1.82) is 0 Å². The smallest absolute Gasteiger partial charge is 0.305 e. The molecular formula is C48H90ClNO8. The first-order valence-corrected chi connectivity index (χ1v) is 24.7. The van der Waals surface area contributed by atoms with Crippen LogP contribution < -0.4 is 0 Å². The van der Waals surface area contributed by atoms with E-state index in [2.05, 4.69) is 32.6 Å². The highest BCUT2D eigenvalue weighted by Gasteiger charge is 2.18. The fraction of sp³-hybridized carbons (Fsp3) is 0.917. The summed E-state index contributed by atoms with van der Waals surface area (Å²) in [5, 5.41) is 0. The van der Waals surface area contributed by atoms with E-state index in [0.29, 0.717) is 31.6 Å². The van der Waals surface area contributed by atoms with Crippen LogP contribution in [0.25, 0.3) is 0 Å². The summed E-state index contributed by atoms with van der Waals surface area (Å²) >= 11 is 6.21. The Morgan fingerprint density at radius 3 is 0.914 bits per heavy atom. The van der Waals surface area contributed by atoms with E-state index in [-0.39, 0.29) is 62.1 Å². The topological polar surface area (TPSA) is 108 Å². The minimum Gasteiger partial charge on any atom is -0.465 e. The normalized spacial score (nSPS) is 11.4. The van der Waals surface area contributed by atoms with E-state index >= 15 is 0 Å². The van der Waals surface area contributed by atoms with Crippen LogP contribution in [0.4, 0.5) is 0 Å². The monoisotopic (exact) mass is 844 g/mol. The molecule has 0 saturated carbocycles. The summed E-state index contributed by atoms with van der Waals surface area (Å²) in [6.45, 7) is 12.5. The first-order chi connectivity index (χ1) is 28.3. The van der Waals surface area contributed by atoms with E-state index in [0.717, 1.165) is 135 Å². The van der Waals surface area contributed by atoms with Gasteiger partial charge in [0.25, 0.3) is 0 Å². The van der Waals surface area contributed by atoms with Gasteiger partial charge in [-0.2, -0.15) is 0 Å². The van der Waals surface area contributed by atoms with Crippen molar-refractivity contribution in [3.8, 4) is 0 Å². The first kappa shape index (κ1) is 56.1. The Labute approximate surface area is 361 Å². The number of hydrogen-bond donors (Lipinski definition) is 0. The van der Waals surface area contributed by atoms with Crippen LogP contribution in [0.5, 0.6) is 0 Å². The molecule has 0 saturated heterocycles. The maximum Gasteiger partial charge on any atom is 0.305 e. The Hall–Kier alpha value is -1.87. The largest absolute Gasteiger partial charge is 0.465 e. The van der Waals surface area contributed by atoms with Crippen molar-refractivity contribution in [2.24, 2.45) is 11.8 Å². The van der Waals surface area contributed by atoms with Crippen molar-refractivity contribution in [2.45, 2.75) is 220 Å². The van der Waals surface area contributed by atoms with Crippen LogP contribution in [-0.2, 0) is 38.1 Å². The van der Waals surface area contributed by atoms with E-state index in [9.17, 15) is 19.2 Å². The van der Waals surface area contributed by atoms with Gasteiger partial charge < -0.3 is 23.8 Å². The van der Waals surface area contributed by atoms with Gasteiger partial charge in [0.05, 0.1) is 26.4 Å². The van der Waals surface area contributed by atoms with Gasteiger partial charge in [0.2, 0.25) is 0 Å². The number of ether oxygens (including phenoxy) is 4. The van der Waals surface area contributed by atoms with Gasteiger partial charge in [0, 0.05) is 49.9 Å². The van der Waals surface area contributed by atoms with E-state index in [1.807, 2.05) is 0 Å². The molecule has 10 heteroatoms. The van der Waals surface area contributed by atoms with E-state index in [4.69, 9.17) is 30.5 Å². The van der Waals surface area contributed by atoms with Gasteiger partial charge in [-0.05, 0) is 64.5 Å². The third-order valence-corrected chi connectivity index (χ3v) is 11.1. The summed E-state index contributed by atoms with van der Waals surface area (Å²) in [6.07, 6.45) is 28.9. The zero-order valence-corrected chi connectivity index (χ0v) is 38.9. The lowest BCUT2D eigenvalue weighted by Gasteiger charge is -2.23. The van der Waals surface area contributed by atoms with Crippen molar-refractivity contribution < 1.29 is 38.1 Å². The zero-order chi connectivity index (χ0) is 42.7. The lowest BCUT2D eigenvalue weighted by molar-refractivity contribution is -0.151. The lowest BCUT2D eigenvalue weighted by atomic mass is 10.0. The number of hydrogen-bond acceptors (Lipinski definition) is 9. The van der Waals surface area contributed by atoms with Crippen LogP contribution in [-0.4, -0.2) is 80.7 Å². The number of nitrogens with zero attached hydrogens (tertiary/aromatic N) is 1. The maximum absolute atomic E-state index is 12.5. The number of alkyl halides is 1. The number of rotatable bonds is 44. The molecule has 9 nitrogen and oxygen atoms in total. The van der Waals surface area contributed by atoms with Gasteiger partial charge >= 0.3 is 23.9 Å². The summed E-state index contributed by atoms with van der Waals surface area (Å²) in [7, 11) is 0. The molecular weight excluding hydrogens is 754 g/mol. The zero-order valence-electron chi connectivity index (χ0n) is 38.1. The number of esters is 4. The molecule has 0 spiro atoms. The molecule has 58 heavy (non-hydrogen) atoms. The fourth-order valence-corrected chi connectivity index (χ4v) is 7.28. The van der Waals surface area contributed by atoms with Gasteiger partial charge in [-0.15, -0.1) is 11.6 Å². The third kappa shape index (κ3) is 38.3. The molecule has 0 bridgehead atoms. The number of halogens is 1. The molecule has 0 rings (SSSR count). The van der Waals surface area contributed by atoms with Gasteiger partial charge in [0.15, 0.2) is 0 Å². The van der Waals surface area contributed by atoms with E-state index < -0.39 is 0 Å². The average molecular weight is 845 g/mol. The first-order valence-electron chi connectivity index (χ1n) is 24.2. The molecule has 0 radical (unpaired) electrons.